The van der Waals surface area contributed by atoms with E-state index < -0.39 is 6.04 Å². The van der Waals surface area contributed by atoms with Gasteiger partial charge in [0.25, 0.3) is 5.56 Å². The molecule has 2 fully saturated rings. The van der Waals surface area contributed by atoms with E-state index in [0.29, 0.717) is 31.4 Å². The molecule has 2 aliphatic rings. The second-order valence-corrected chi connectivity index (χ2v) is 7.02. The molecule has 8 heteroatoms. The first-order valence-corrected chi connectivity index (χ1v) is 8.91. The molecule has 0 atom stereocenters. The largest absolute Gasteiger partial charge is 0.297 e. The monoisotopic (exact) mass is 335 g/mol. The Morgan fingerprint density at radius 2 is 1.79 bits per heavy atom. The van der Waals surface area contributed by atoms with Crippen molar-refractivity contribution in [2.45, 2.75) is 82.8 Å². The number of hydrogen-bond donors (Lipinski definition) is 1. The number of nitrogens with one attached hydrogen (secondary N) is 1. The normalized spacial score (nSPS) is 26.0. The Labute approximate surface area is 140 Å². The minimum absolute atomic E-state index is 0.0157. The molecule has 0 amide bonds. The van der Waals surface area contributed by atoms with E-state index in [4.69, 9.17) is 0 Å². The van der Waals surface area contributed by atoms with Crippen LogP contribution in [0.5, 0.6) is 0 Å². The lowest BCUT2D eigenvalue weighted by atomic mass is 9.92. The van der Waals surface area contributed by atoms with E-state index in [2.05, 4.69) is 15.3 Å². The van der Waals surface area contributed by atoms with E-state index in [1.165, 1.54) is 6.42 Å². The molecule has 2 saturated carbocycles. The minimum Gasteiger partial charge on any atom is -0.297 e. The molecule has 24 heavy (non-hydrogen) atoms. The van der Waals surface area contributed by atoms with Gasteiger partial charge in [0.2, 0.25) is 6.04 Å². The van der Waals surface area contributed by atoms with Gasteiger partial charge in [-0.25, -0.2) is 4.68 Å². The first kappa shape index (κ1) is 16.9. The van der Waals surface area contributed by atoms with E-state index in [-0.39, 0.29) is 22.6 Å². The number of nitro groups is 1. The molecule has 0 unspecified atom stereocenters. The number of aromatic nitrogens is 2. The molecule has 2 aliphatic carbocycles. The summed E-state index contributed by atoms with van der Waals surface area (Å²) in [5.74, 6) is 0. The van der Waals surface area contributed by atoms with Crippen molar-refractivity contribution in [3.05, 3.63) is 26.2 Å². The van der Waals surface area contributed by atoms with Crippen LogP contribution in [0.25, 0.3) is 0 Å². The molecule has 1 aromatic heterocycles. The highest BCUT2D eigenvalue weighted by Gasteiger charge is 2.28. The molecule has 1 N–H and O–H groups in total. The van der Waals surface area contributed by atoms with Gasteiger partial charge >= 0.3 is 0 Å². The zero-order chi connectivity index (χ0) is 17.1. The fourth-order valence-corrected chi connectivity index (χ4v) is 3.80. The van der Waals surface area contributed by atoms with Crippen molar-refractivity contribution >= 4 is 5.69 Å². The molecular weight excluding hydrogens is 310 g/mol. The van der Waals surface area contributed by atoms with Crippen LogP contribution in [0.3, 0.4) is 0 Å². The minimum atomic E-state index is -0.450. The molecule has 0 bridgehead atoms. The predicted molar refractivity (Wildman–Crippen MR) is 89.5 cm³/mol. The van der Waals surface area contributed by atoms with Crippen LogP contribution in [0.15, 0.2) is 15.0 Å². The third-order valence-electron chi connectivity index (χ3n) is 5.29. The van der Waals surface area contributed by atoms with Crippen LogP contribution in [-0.4, -0.2) is 26.8 Å². The van der Waals surface area contributed by atoms with Gasteiger partial charge in [0.05, 0.1) is 17.8 Å². The summed E-state index contributed by atoms with van der Waals surface area (Å²) in [6, 6.07) is -0.226. The highest BCUT2D eigenvalue weighted by Crippen LogP contribution is 2.28. The van der Waals surface area contributed by atoms with Crippen LogP contribution in [0.2, 0.25) is 0 Å². The highest BCUT2D eigenvalue weighted by molar-refractivity contribution is 5.38. The number of azo groups is 1. The maximum atomic E-state index is 12.6. The van der Waals surface area contributed by atoms with E-state index >= 15 is 0 Å². The molecule has 0 saturated heterocycles. The number of nitrogens with zero attached hydrogens (tertiary/aromatic N) is 4. The van der Waals surface area contributed by atoms with Crippen LogP contribution in [0, 0.1) is 17.0 Å². The summed E-state index contributed by atoms with van der Waals surface area (Å²) < 4.78 is 1.71. The summed E-state index contributed by atoms with van der Waals surface area (Å²) in [4.78, 5) is 23.2. The van der Waals surface area contributed by atoms with Crippen molar-refractivity contribution in [3.63, 3.8) is 0 Å². The van der Waals surface area contributed by atoms with Crippen molar-refractivity contribution in [2.24, 2.45) is 10.2 Å². The number of hydrogen-bond acceptors (Lipinski definition) is 5. The van der Waals surface area contributed by atoms with E-state index in [1.54, 1.807) is 4.68 Å². The van der Waals surface area contributed by atoms with Crippen LogP contribution >= 0.6 is 0 Å². The smallest absolute Gasteiger partial charge is 0.294 e. The highest BCUT2D eigenvalue weighted by atomic mass is 16.6. The Bertz CT molecular complexity index is 664. The second-order valence-electron chi connectivity index (χ2n) is 7.02. The molecule has 0 spiro atoms. The molecule has 3 rings (SSSR count). The lowest BCUT2D eigenvalue weighted by molar-refractivity contribution is -0.526. The molecule has 1 aromatic rings. The van der Waals surface area contributed by atoms with Crippen molar-refractivity contribution in [3.8, 4) is 0 Å². The molecule has 8 nitrogen and oxygen atoms in total. The third kappa shape index (κ3) is 3.57. The lowest BCUT2D eigenvalue weighted by Crippen LogP contribution is -2.27. The SMILES string of the molecule is Cc1[nH]n(C2CCCCC2)c(=O)c1N=NC1CCC([N+](=O)[O-])CC1. The zero-order valence-electron chi connectivity index (χ0n) is 14.1. The number of aromatic amines is 1. The first-order valence-electron chi connectivity index (χ1n) is 8.91. The summed E-state index contributed by atoms with van der Waals surface area (Å²) >= 11 is 0. The molecule has 0 aliphatic heterocycles. The molecule has 0 radical (unpaired) electrons. The standard InChI is InChI=1S/C16H25N5O3/c1-11-15(16(22)20(19-11)13-5-3-2-4-6-13)18-17-12-7-9-14(10-8-12)21(23)24/h12-14,19H,2-10H2,1H3. The van der Waals surface area contributed by atoms with Crippen molar-refractivity contribution in [1.82, 2.24) is 9.78 Å². The van der Waals surface area contributed by atoms with Gasteiger partial charge in [-0.2, -0.15) is 5.11 Å². The Morgan fingerprint density at radius 3 is 2.42 bits per heavy atom. The van der Waals surface area contributed by atoms with Gasteiger partial charge in [0.15, 0.2) is 5.69 Å². The fourth-order valence-electron chi connectivity index (χ4n) is 3.80. The molecule has 1 heterocycles. The van der Waals surface area contributed by atoms with Gasteiger partial charge < -0.3 is 0 Å². The quantitative estimate of drug-likeness (QED) is 0.515. The van der Waals surface area contributed by atoms with Gasteiger partial charge in [-0.1, -0.05) is 19.3 Å². The van der Waals surface area contributed by atoms with E-state index in [9.17, 15) is 14.9 Å². The van der Waals surface area contributed by atoms with E-state index in [0.717, 1.165) is 31.4 Å². The van der Waals surface area contributed by atoms with Gasteiger partial charge in [-0.15, -0.1) is 5.11 Å². The Kier molecular flexibility index (Phi) is 5.11. The van der Waals surface area contributed by atoms with Crippen LogP contribution < -0.4 is 5.56 Å². The molecular formula is C16H25N5O3. The van der Waals surface area contributed by atoms with Crippen molar-refractivity contribution in [1.29, 1.82) is 0 Å². The molecule has 0 aromatic carbocycles. The number of H-pyrrole nitrogens is 1. The third-order valence-corrected chi connectivity index (χ3v) is 5.29. The van der Waals surface area contributed by atoms with Gasteiger partial charge in [-0.05, 0) is 32.6 Å². The van der Waals surface area contributed by atoms with Gasteiger partial charge in [-0.3, -0.25) is 20.0 Å². The second kappa shape index (κ2) is 7.27. The maximum Gasteiger partial charge on any atom is 0.294 e. The maximum absolute atomic E-state index is 12.6. The van der Waals surface area contributed by atoms with Gasteiger partial charge in [0.1, 0.15) is 0 Å². The summed E-state index contributed by atoms with van der Waals surface area (Å²) in [6.07, 6.45) is 8.01. The number of aryl methyl sites for hydroxylation is 1. The zero-order valence-corrected chi connectivity index (χ0v) is 14.1. The van der Waals surface area contributed by atoms with Crippen molar-refractivity contribution < 1.29 is 4.92 Å². The Hall–Kier alpha value is -1.99. The fraction of sp³-hybridized carbons (Fsp3) is 0.812. The average Bonchev–Trinajstić information content (AvgIpc) is 2.88. The summed E-state index contributed by atoms with van der Waals surface area (Å²) in [7, 11) is 0. The first-order chi connectivity index (χ1) is 11.6. The topological polar surface area (TPSA) is 106 Å². The van der Waals surface area contributed by atoms with Gasteiger partial charge in [0, 0.05) is 17.8 Å². The van der Waals surface area contributed by atoms with Crippen LogP contribution in [-0.2, 0) is 0 Å². The summed E-state index contributed by atoms with van der Waals surface area (Å²) in [5, 5.41) is 22.4. The number of rotatable bonds is 4. The van der Waals surface area contributed by atoms with Crippen molar-refractivity contribution in [2.75, 3.05) is 0 Å². The van der Waals surface area contributed by atoms with E-state index in [1.807, 2.05) is 6.92 Å². The average molecular weight is 335 g/mol. The van der Waals surface area contributed by atoms with Crippen LogP contribution in [0.1, 0.15) is 69.5 Å². The Morgan fingerprint density at radius 1 is 1.12 bits per heavy atom. The summed E-state index contributed by atoms with van der Waals surface area (Å²) in [6.45, 7) is 1.85. The molecule has 132 valence electrons. The Balaban J connectivity index is 1.68. The predicted octanol–water partition coefficient (Wildman–Crippen LogP) is 3.66. The lowest BCUT2D eigenvalue weighted by Gasteiger charge is -2.21. The summed E-state index contributed by atoms with van der Waals surface area (Å²) in [5.41, 5.74) is 1.03. The van der Waals surface area contributed by atoms with Crippen LogP contribution in [0.4, 0.5) is 5.69 Å².